The van der Waals surface area contributed by atoms with Crippen molar-refractivity contribution in [1.82, 2.24) is 4.98 Å². The maximum atomic E-state index is 12.3. The Kier molecular flexibility index (Phi) is 4.65. The average molecular weight is 398 g/mol. The van der Waals surface area contributed by atoms with Gasteiger partial charge in [-0.05, 0) is 37.0 Å². The predicted octanol–water partition coefficient (Wildman–Crippen LogP) is 2.59. The standard InChI is InChI=1S/C15H16BrN3O3S/c1-2-7-5-8(16)6-11-12(7)18-15(23-11)19-14(21)10-4-3-9(22-10)13(17)20/h5-6,9-10H,2-4H2,1H3,(H2,17,20)(H,18,19,21)/t9-,10+/m1/s1. The fraction of sp³-hybridized carbons (Fsp3) is 0.400. The predicted molar refractivity (Wildman–Crippen MR) is 92.4 cm³/mol. The first-order valence-electron chi connectivity index (χ1n) is 7.32. The van der Waals surface area contributed by atoms with Gasteiger partial charge in [-0.1, -0.05) is 34.2 Å². The quantitative estimate of drug-likeness (QED) is 0.828. The lowest BCUT2D eigenvalue weighted by Gasteiger charge is -2.10. The van der Waals surface area contributed by atoms with Gasteiger partial charge < -0.3 is 10.5 Å². The summed E-state index contributed by atoms with van der Waals surface area (Å²) in [6, 6.07) is 4.02. The Hall–Kier alpha value is -1.51. The number of thiazole rings is 1. The number of hydrogen-bond donors (Lipinski definition) is 2. The molecule has 122 valence electrons. The van der Waals surface area contributed by atoms with E-state index in [9.17, 15) is 9.59 Å². The molecule has 2 heterocycles. The third-order valence-electron chi connectivity index (χ3n) is 3.78. The first-order chi connectivity index (χ1) is 11.0. The SMILES string of the molecule is CCc1cc(Br)cc2sc(NC(=O)[C@@H]3CC[C@H](C(N)=O)O3)nc12. The summed E-state index contributed by atoms with van der Waals surface area (Å²) in [5.41, 5.74) is 7.22. The summed E-state index contributed by atoms with van der Waals surface area (Å²) in [5, 5.41) is 3.31. The van der Waals surface area contributed by atoms with Crippen LogP contribution in [-0.4, -0.2) is 29.0 Å². The first kappa shape index (κ1) is 16.4. The number of aromatic nitrogens is 1. The maximum Gasteiger partial charge on any atom is 0.255 e. The van der Waals surface area contributed by atoms with E-state index in [2.05, 4.69) is 33.2 Å². The second-order valence-corrected chi connectivity index (χ2v) is 7.31. The molecule has 23 heavy (non-hydrogen) atoms. The van der Waals surface area contributed by atoms with E-state index < -0.39 is 18.1 Å². The van der Waals surface area contributed by atoms with Gasteiger partial charge in [-0.15, -0.1) is 0 Å². The number of primary amides is 1. The van der Waals surface area contributed by atoms with Crippen molar-refractivity contribution in [2.24, 2.45) is 5.73 Å². The molecule has 2 atom stereocenters. The number of carbonyl (C=O) groups excluding carboxylic acids is 2. The minimum absolute atomic E-state index is 0.287. The fourth-order valence-corrected chi connectivity index (χ4v) is 4.22. The van der Waals surface area contributed by atoms with Gasteiger partial charge in [0.25, 0.3) is 5.91 Å². The summed E-state index contributed by atoms with van der Waals surface area (Å²) >= 11 is 4.90. The van der Waals surface area contributed by atoms with Crippen LogP contribution in [0.4, 0.5) is 5.13 Å². The number of fused-ring (bicyclic) bond motifs is 1. The smallest absolute Gasteiger partial charge is 0.255 e. The number of amides is 2. The molecule has 1 saturated heterocycles. The van der Waals surface area contributed by atoms with Gasteiger partial charge in [-0.25, -0.2) is 4.98 Å². The van der Waals surface area contributed by atoms with E-state index in [1.807, 2.05) is 12.1 Å². The van der Waals surface area contributed by atoms with Crippen molar-refractivity contribution in [3.63, 3.8) is 0 Å². The molecular weight excluding hydrogens is 382 g/mol. The summed E-state index contributed by atoms with van der Waals surface area (Å²) in [6.07, 6.45) is 0.482. The Bertz CT molecular complexity index is 777. The number of benzene rings is 1. The van der Waals surface area contributed by atoms with Crippen LogP contribution in [0.1, 0.15) is 25.3 Å². The molecule has 0 aliphatic carbocycles. The average Bonchev–Trinajstić information content (AvgIpc) is 3.12. The summed E-state index contributed by atoms with van der Waals surface area (Å²) in [5.74, 6) is -0.817. The van der Waals surface area contributed by atoms with Crippen LogP contribution in [0.2, 0.25) is 0 Å². The molecule has 0 radical (unpaired) electrons. The Morgan fingerprint density at radius 2 is 2.17 bits per heavy atom. The van der Waals surface area contributed by atoms with Crippen molar-refractivity contribution in [3.8, 4) is 0 Å². The highest BCUT2D eigenvalue weighted by Crippen LogP contribution is 2.32. The lowest BCUT2D eigenvalue weighted by molar-refractivity contribution is -0.134. The van der Waals surface area contributed by atoms with Crippen LogP contribution < -0.4 is 11.1 Å². The molecule has 2 amide bonds. The van der Waals surface area contributed by atoms with Crippen molar-refractivity contribution in [3.05, 3.63) is 22.2 Å². The number of halogens is 1. The van der Waals surface area contributed by atoms with Gasteiger partial charge in [-0.3, -0.25) is 14.9 Å². The van der Waals surface area contributed by atoms with Gasteiger partial charge in [0, 0.05) is 4.47 Å². The molecule has 1 aliphatic rings. The molecular formula is C15H16BrN3O3S. The zero-order valence-electron chi connectivity index (χ0n) is 12.5. The number of carbonyl (C=O) groups is 2. The molecule has 6 nitrogen and oxygen atoms in total. The third kappa shape index (κ3) is 3.39. The van der Waals surface area contributed by atoms with Crippen molar-refractivity contribution in [2.45, 2.75) is 38.4 Å². The number of hydrogen-bond acceptors (Lipinski definition) is 5. The Balaban J connectivity index is 1.77. The van der Waals surface area contributed by atoms with E-state index >= 15 is 0 Å². The second-order valence-electron chi connectivity index (χ2n) is 5.37. The number of anilines is 1. The molecule has 0 unspecified atom stereocenters. The van der Waals surface area contributed by atoms with Crippen LogP contribution in [0.25, 0.3) is 10.2 Å². The van der Waals surface area contributed by atoms with Crippen LogP contribution in [0.5, 0.6) is 0 Å². The van der Waals surface area contributed by atoms with Crippen molar-refractivity contribution >= 4 is 54.4 Å². The largest absolute Gasteiger partial charge is 0.367 e. The minimum atomic E-state index is -0.677. The van der Waals surface area contributed by atoms with Crippen LogP contribution in [0.3, 0.4) is 0 Å². The molecule has 0 spiro atoms. The second kappa shape index (κ2) is 6.54. The van der Waals surface area contributed by atoms with E-state index in [-0.39, 0.29) is 5.91 Å². The van der Waals surface area contributed by atoms with E-state index in [1.54, 1.807) is 0 Å². The molecule has 1 aromatic carbocycles. The molecule has 2 aromatic rings. The van der Waals surface area contributed by atoms with Crippen molar-refractivity contribution in [2.75, 3.05) is 5.32 Å². The highest BCUT2D eigenvalue weighted by atomic mass is 79.9. The number of aryl methyl sites for hydroxylation is 1. The van der Waals surface area contributed by atoms with Gasteiger partial charge in [0.05, 0.1) is 10.2 Å². The van der Waals surface area contributed by atoms with Gasteiger partial charge in [-0.2, -0.15) is 0 Å². The van der Waals surface area contributed by atoms with Gasteiger partial charge in [0.15, 0.2) is 5.13 Å². The highest BCUT2D eigenvalue weighted by Gasteiger charge is 2.34. The van der Waals surface area contributed by atoms with Crippen LogP contribution in [0.15, 0.2) is 16.6 Å². The molecule has 1 aliphatic heterocycles. The topological polar surface area (TPSA) is 94.3 Å². The van der Waals surface area contributed by atoms with Crippen LogP contribution in [0, 0.1) is 0 Å². The lowest BCUT2D eigenvalue weighted by Crippen LogP contribution is -2.32. The van der Waals surface area contributed by atoms with E-state index in [0.29, 0.717) is 18.0 Å². The van der Waals surface area contributed by atoms with Gasteiger partial charge in [0.2, 0.25) is 5.91 Å². The summed E-state index contributed by atoms with van der Waals surface area (Å²) in [7, 11) is 0. The molecule has 0 bridgehead atoms. The van der Waals surface area contributed by atoms with Crippen LogP contribution >= 0.6 is 27.3 Å². The summed E-state index contributed by atoms with van der Waals surface area (Å²) in [6.45, 7) is 2.06. The van der Waals surface area contributed by atoms with Crippen molar-refractivity contribution < 1.29 is 14.3 Å². The molecule has 8 heteroatoms. The third-order valence-corrected chi connectivity index (χ3v) is 5.15. The maximum absolute atomic E-state index is 12.3. The van der Waals surface area contributed by atoms with E-state index in [0.717, 1.165) is 26.7 Å². The zero-order valence-corrected chi connectivity index (χ0v) is 14.9. The fourth-order valence-electron chi connectivity index (χ4n) is 2.61. The molecule has 3 rings (SSSR count). The van der Waals surface area contributed by atoms with Gasteiger partial charge >= 0.3 is 0 Å². The lowest BCUT2D eigenvalue weighted by atomic mass is 10.1. The normalized spacial score (nSPS) is 20.8. The van der Waals surface area contributed by atoms with Gasteiger partial charge in [0.1, 0.15) is 12.2 Å². The minimum Gasteiger partial charge on any atom is -0.367 e. The summed E-state index contributed by atoms with van der Waals surface area (Å²) < 4.78 is 7.38. The molecule has 1 aromatic heterocycles. The Labute approximate surface area is 145 Å². The highest BCUT2D eigenvalue weighted by molar-refractivity contribution is 9.10. The molecule has 0 saturated carbocycles. The number of nitrogens with two attached hydrogens (primary N) is 1. The number of nitrogens with one attached hydrogen (secondary N) is 1. The number of ether oxygens (including phenoxy) is 1. The number of nitrogens with zero attached hydrogens (tertiary/aromatic N) is 1. The Morgan fingerprint density at radius 3 is 2.83 bits per heavy atom. The van der Waals surface area contributed by atoms with E-state index in [4.69, 9.17) is 10.5 Å². The van der Waals surface area contributed by atoms with Crippen molar-refractivity contribution in [1.29, 1.82) is 0 Å². The molecule has 3 N–H and O–H groups in total. The monoisotopic (exact) mass is 397 g/mol. The Morgan fingerprint density at radius 1 is 1.43 bits per heavy atom. The first-order valence-corrected chi connectivity index (χ1v) is 8.93. The van der Waals surface area contributed by atoms with E-state index in [1.165, 1.54) is 11.3 Å². The number of rotatable bonds is 4. The zero-order chi connectivity index (χ0) is 16.6. The molecule has 1 fully saturated rings. The van der Waals surface area contributed by atoms with Crippen LogP contribution in [-0.2, 0) is 20.7 Å². The summed E-state index contributed by atoms with van der Waals surface area (Å²) in [4.78, 5) is 27.9.